The number of aromatic nitrogens is 1. The van der Waals surface area contributed by atoms with Crippen molar-refractivity contribution in [3.8, 4) is 11.3 Å². The standard InChI is InChI=1S/C26H39N3O5/c1-20(2)18-32-19-22(30)15-28(16-23-9-6-12-33-23)17-24-25(21-7-4-3-5-8-21)27-34-26(24)29-10-13-31-14-11-29/h3-5,7-8,20,22-23,30H,6,9-19H2,1-2H3/t22-,23-/m0/s1. The Morgan fingerprint density at radius 2 is 1.94 bits per heavy atom. The van der Waals surface area contributed by atoms with Gasteiger partial charge in [-0.15, -0.1) is 0 Å². The minimum atomic E-state index is -0.577. The SMILES string of the molecule is CC(C)COC[C@@H](O)CN(Cc1c(-c2ccccc2)noc1N1CCOCC1)C[C@@H]1CCCO1. The second-order valence-corrected chi connectivity index (χ2v) is 9.69. The zero-order valence-corrected chi connectivity index (χ0v) is 20.5. The van der Waals surface area contributed by atoms with E-state index >= 15 is 0 Å². The van der Waals surface area contributed by atoms with Crippen LogP contribution in [0.4, 0.5) is 5.88 Å². The van der Waals surface area contributed by atoms with Gasteiger partial charge in [0.05, 0.1) is 37.6 Å². The summed E-state index contributed by atoms with van der Waals surface area (Å²) in [4.78, 5) is 4.48. The number of ether oxygens (including phenoxy) is 3. The van der Waals surface area contributed by atoms with Crippen LogP contribution in [0.2, 0.25) is 0 Å². The minimum absolute atomic E-state index is 0.177. The average molecular weight is 474 g/mol. The third-order valence-electron chi connectivity index (χ3n) is 6.21. The topological polar surface area (TPSA) is 80.4 Å². The normalized spacial score (nSPS) is 19.9. The fourth-order valence-corrected chi connectivity index (χ4v) is 4.57. The summed E-state index contributed by atoms with van der Waals surface area (Å²) in [5.74, 6) is 1.24. The molecule has 0 unspecified atom stereocenters. The van der Waals surface area contributed by atoms with E-state index in [0.717, 1.165) is 61.8 Å². The van der Waals surface area contributed by atoms with E-state index in [9.17, 15) is 5.11 Å². The third-order valence-corrected chi connectivity index (χ3v) is 6.21. The van der Waals surface area contributed by atoms with E-state index in [-0.39, 0.29) is 6.10 Å². The van der Waals surface area contributed by atoms with E-state index in [0.29, 0.717) is 45.4 Å². The molecule has 2 aromatic rings. The van der Waals surface area contributed by atoms with Crippen LogP contribution >= 0.6 is 0 Å². The maximum absolute atomic E-state index is 10.8. The number of nitrogens with zero attached hydrogens (tertiary/aromatic N) is 3. The predicted molar refractivity (Wildman–Crippen MR) is 131 cm³/mol. The van der Waals surface area contributed by atoms with Gasteiger partial charge in [-0.3, -0.25) is 4.90 Å². The Kier molecular flexibility index (Phi) is 9.35. The predicted octanol–water partition coefficient (Wildman–Crippen LogP) is 3.19. The summed E-state index contributed by atoms with van der Waals surface area (Å²) in [6, 6.07) is 10.2. The fraction of sp³-hybridized carbons (Fsp3) is 0.654. The molecule has 0 radical (unpaired) electrons. The zero-order valence-electron chi connectivity index (χ0n) is 20.5. The van der Waals surface area contributed by atoms with Gasteiger partial charge in [-0.2, -0.15) is 0 Å². The first kappa shape index (κ1) is 25.1. The van der Waals surface area contributed by atoms with Crippen molar-refractivity contribution >= 4 is 5.88 Å². The van der Waals surface area contributed by atoms with E-state index in [1.165, 1.54) is 0 Å². The van der Waals surface area contributed by atoms with Crippen LogP contribution in [0, 0.1) is 5.92 Å². The fourth-order valence-electron chi connectivity index (χ4n) is 4.57. The van der Waals surface area contributed by atoms with Crippen LogP contribution in [0.3, 0.4) is 0 Å². The van der Waals surface area contributed by atoms with E-state index in [1.54, 1.807) is 0 Å². The van der Waals surface area contributed by atoms with Crippen molar-refractivity contribution in [3.05, 3.63) is 35.9 Å². The van der Waals surface area contributed by atoms with Gasteiger partial charge in [-0.1, -0.05) is 49.3 Å². The summed E-state index contributed by atoms with van der Waals surface area (Å²) in [7, 11) is 0. The highest BCUT2D eigenvalue weighted by Crippen LogP contribution is 2.33. The lowest BCUT2D eigenvalue weighted by molar-refractivity contribution is -0.00389. The summed E-state index contributed by atoms with van der Waals surface area (Å²) in [6.45, 7) is 10.8. The molecule has 4 rings (SSSR count). The van der Waals surface area contributed by atoms with Crippen LogP contribution in [-0.2, 0) is 20.8 Å². The lowest BCUT2D eigenvalue weighted by atomic mass is 10.1. The molecule has 2 saturated heterocycles. The van der Waals surface area contributed by atoms with Crippen LogP contribution in [0.25, 0.3) is 11.3 Å². The quantitative estimate of drug-likeness (QED) is 0.504. The van der Waals surface area contributed by atoms with Gasteiger partial charge in [-0.05, 0) is 18.8 Å². The Balaban J connectivity index is 1.55. The molecule has 2 fully saturated rings. The largest absolute Gasteiger partial charge is 0.389 e. The number of hydrogen-bond donors (Lipinski definition) is 1. The molecule has 0 aliphatic carbocycles. The van der Waals surface area contributed by atoms with Gasteiger partial charge in [0.1, 0.15) is 5.69 Å². The summed E-state index contributed by atoms with van der Waals surface area (Å²) < 4.78 is 23.1. The third kappa shape index (κ3) is 7.02. The van der Waals surface area contributed by atoms with Gasteiger partial charge >= 0.3 is 0 Å². The maximum Gasteiger partial charge on any atom is 0.232 e. The van der Waals surface area contributed by atoms with Crippen LogP contribution in [0.1, 0.15) is 32.3 Å². The second-order valence-electron chi connectivity index (χ2n) is 9.69. The molecular weight excluding hydrogens is 434 g/mol. The maximum atomic E-state index is 10.8. The smallest absolute Gasteiger partial charge is 0.232 e. The van der Waals surface area contributed by atoms with Crippen molar-refractivity contribution in [3.63, 3.8) is 0 Å². The number of aliphatic hydroxyl groups is 1. The number of anilines is 1. The molecule has 8 nitrogen and oxygen atoms in total. The Labute approximate surface area is 202 Å². The van der Waals surface area contributed by atoms with Gasteiger partial charge in [0.2, 0.25) is 5.88 Å². The van der Waals surface area contributed by atoms with Crippen LogP contribution < -0.4 is 4.90 Å². The van der Waals surface area contributed by atoms with E-state index in [4.69, 9.17) is 18.7 Å². The average Bonchev–Trinajstić information content (AvgIpc) is 3.50. The van der Waals surface area contributed by atoms with Crippen molar-refractivity contribution in [1.29, 1.82) is 0 Å². The molecular formula is C26H39N3O5. The first-order valence-corrected chi connectivity index (χ1v) is 12.6. The summed E-state index contributed by atoms with van der Waals surface area (Å²) in [6.07, 6.45) is 1.73. The van der Waals surface area contributed by atoms with Crippen LogP contribution in [0.5, 0.6) is 0 Å². The highest BCUT2D eigenvalue weighted by atomic mass is 16.5. The Hall–Kier alpha value is -1.97. The van der Waals surface area contributed by atoms with Crippen molar-refractivity contribution in [2.24, 2.45) is 5.92 Å². The molecule has 3 heterocycles. The molecule has 1 aromatic heterocycles. The van der Waals surface area contributed by atoms with E-state index in [1.807, 2.05) is 18.2 Å². The molecule has 0 saturated carbocycles. The number of rotatable bonds is 12. The highest BCUT2D eigenvalue weighted by molar-refractivity contribution is 5.68. The van der Waals surface area contributed by atoms with Gasteiger partial charge in [0.15, 0.2) is 0 Å². The number of benzene rings is 1. The number of hydrogen-bond acceptors (Lipinski definition) is 8. The monoisotopic (exact) mass is 473 g/mol. The Bertz CT molecular complexity index is 847. The number of morpholine rings is 1. The molecule has 0 amide bonds. The highest BCUT2D eigenvalue weighted by Gasteiger charge is 2.28. The lowest BCUT2D eigenvalue weighted by Crippen LogP contribution is -2.40. The van der Waals surface area contributed by atoms with Crippen molar-refractivity contribution in [1.82, 2.24) is 10.1 Å². The Morgan fingerprint density at radius 3 is 2.65 bits per heavy atom. The second kappa shape index (κ2) is 12.7. The summed E-state index contributed by atoms with van der Waals surface area (Å²) in [5, 5.41) is 15.3. The number of aliphatic hydroxyl groups excluding tert-OH is 1. The molecule has 34 heavy (non-hydrogen) atoms. The summed E-state index contributed by atoms with van der Waals surface area (Å²) in [5.41, 5.74) is 2.92. The molecule has 2 aliphatic rings. The lowest BCUT2D eigenvalue weighted by Gasteiger charge is -2.30. The molecule has 0 spiro atoms. The molecule has 1 aromatic carbocycles. The first-order chi connectivity index (χ1) is 16.6. The molecule has 2 aliphatic heterocycles. The molecule has 188 valence electrons. The van der Waals surface area contributed by atoms with E-state index in [2.05, 4.69) is 40.9 Å². The van der Waals surface area contributed by atoms with Crippen LogP contribution in [0.15, 0.2) is 34.9 Å². The van der Waals surface area contributed by atoms with Crippen molar-refractivity contribution < 1.29 is 23.8 Å². The molecule has 8 heteroatoms. The van der Waals surface area contributed by atoms with Gasteiger partial charge in [-0.25, -0.2) is 0 Å². The van der Waals surface area contributed by atoms with Gasteiger partial charge in [0, 0.05) is 51.5 Å². The minimum Gasteiger partial charge on any atom is -0.389 e. The van der Waals surface area contributed by atoms with Crippen molar-refractivity contribution in [2.45, 2.75) is 45.4 Å². The van der Waals surface area contributed by atoms with Gasteiger partial charge in [0.25, 0.3) is 0 Å². The van der Waals surface area contributed by atoms with Crippen molar-refractivity contribution in [2.75, 3.05) is 64.1 Å². The molecule has 1 N–H and O–H groups in total. The van der Waals surface area contributed by atoms with Gasteiger partial charge < -0.3 is 28.7 Å². The molecule has 2 atom stereocenters. The Morgan fingerprint density at radius 1 is 1.15 bits per heavy atom. The summed E-state index contributed by atoms with van der Waals surface area (Å²) >= 11 is 0. The zero-order chi connectivity index (χ0) is 23.8. The first-order valence-electron chi connectivity index (χ1n) is 12.6. The van der Waals surface area contributed by atoms with Crippen LogP contribution in [-0.4, -0.2) is 86.6 Å². The van der Waals surface area contributed by atoms with E-state index < -0.39 is 6.10 Å². The molecule has 0 bridgehead atoms.